The number of aliphatic hydroxyl groups excluding tert-OH is 1. The van der Waals surface area contributed by atoms with Crippen molar-refractivity contribution in [3.05, 3.63) is 82.9 Å². The van der Waals surface area contributed by atoms with Crippen LogP contribution in [0.1, 0.15) is 40.4 Å². The van der Waals surface area contributed by atoms with Crippen LogP contribution in [0.2, 0.25) is 0 Å². The van der Waals surface area contributed by atoms with E-state index >= 15 is 0 Å². The number of aliphatic hydroxyl groups is 1. The molecule has 2 atom stereocenters. The quantitative estimate of drug-likeness (QED) is 0.355. The summed E-state index contributed by atoms with van der Waals surface area (Å²) in [5, 5.41) is 22.8. The summed E-state index contributed by atoms with van der Waals surface area (Å²) >= 11 is 0. The molecular formula is C29H33NO6. The molecule has 1 heterocycles. The Hall–Kier alpha value is -3.55. The highest BCUT2D eigenvalue weighted by atomic mass is 16.5. The van der Waals surface area contributed by atoms with Gasteiger partial charge in [-0.3, -0.25) is 0 Å². The van der Waals surface area contributed by atoms with Gasteiger partial charge in [-0.2, -0.15) is 0 Å². The number of rotatable bonds is 11. The zero-order valence-corrected chi connectivity index (χ0v) is 20.7. The number of hydrogen-bond acceptors (Lipinski definition) is 6. The molecule has 36 heavy (non-hydrogen) atoms. The number of nitrogens with one attached hydrogen (secondary N) is 1. The maximum Gasteiger partial charge on any atom is 0.335 e. The number of benzene rings is 3. The lowest BCUT2D eigenvalue weighted by atomic mass is 10.0. The normalized spacial score (nSPS) is 15.5. The van der Waals surface area contributed by atoms with Crippen molar-refractivity contribution in [3.8, 4) is 23.0 Å². The molecule has 0 aromatic heterocycles. The van der Waals surface area contributed by atoms with Crippen molar-refractivity contribution in [2.75, 3.05) is 19.7 Å². The van der Waals surface area contributed by atoms with Gasteiger partial charge in [-0.25, -0.2) is 4.79 Å². The molecule has 3 N–H and O–H groups in total. The first-order chi connectivity index (χ1) is 17.4. The van der Waals surface area contributed by atoms with Crippen molar-refractivity contribution in [3.63, 3.8) is 0 Å². The average molecular weight is 492 g/mol. The number of fused-ring (bicyclic) bond motifs is 1. The summed E-state index contributed by atoms with van der Waals surface area (Å²) in [5.41, 5.74) is 3.01. The van der Waals surface area contributed by atoms with Gasteiger partial charge in [0, 0.05) is 13.1 Å². The smallest absolute Gasteiger partial charge is 0.335 e. The maximum atomic E-state index is 11.4. The molecule has 0 amide bonds. The molecule has 0 saturated heterocycles. The number of para-hydroxylation sites is 1. The molecule has 190 valence electrons. The summed E-state index contributed by atoms with van der Waals surface area (Å²) in [6, 6.07) is 18.6. The van der Waals surface area contributed by atoms with E-state index in [2.05, 4.69) is 5.32 Å². The molecule has 1 aliphatic rings. The van der Waals surface area contributed by atoms with Gasteiger partial charge in [0.25, 0.3) is 0 Å². The standard InChI is InChI=1S/C29H33NO6/c1-3-20-14-22(29(32)33)13-19(2)28(20)36-25-11-12-27-21(15-25)9-10-26(35-27)17-30-16-23(31)18-34-24-7-5-4-6-8-24/h4-8,11-15,23,26,30-31H,3,9-10,16-18H2,1-2H3,(H,32,33). The van der Waals surface area contributed by atoms with Gasteiger partial charge >= 0.3 is 5.97 Å². The summed E-state index contributed by atoms with van der Waals surface area (Å²) in [4.78, 5) is 11.4. The number of carboxylic acids is 1. The van der Waals surface area contributed by atoms with Crippen LogP contribution in [0, 0.1) is 6.92 Å². The van der Waals surface area contributed by atoms with Gasteiger partial charge in [-0.1, -0.05) is 25.1 Å². The van der Waals surface area contributed by atoms with Crippen molar-refractivity contribution in [2.24, 2.45) is 0 Å². The minimum atomic E-state index is -0.940. The monoisotopic (exact) mass is 491 g/mol. The first-order valence-corrected chi connectivity index (χ1v) is 12.3. The molecule has 0 bridgehead atoms. The number of carboxylic acid groups (broad SMARTS) is 1. The van der Waals surface area contributed by atoms with Crippen LogP contribution in [-0.4, -0.2) is 48.1 Å². The molecule has 7 nitrogen and oxygen atoms in total. The zero-order valence-electron chi connectivity index (χ0n) is 20.7. The molecule has 7 heteroatoms. The minimum Gasteiger partial charge on any atom is -0.491 e. The van der Waals surface area contributed by atoms with Crippen LogP contribution in [0.4, 0.5) is 0 Å². The lowest BCUT2D eigenvalue weighted by molar-refractivity contribution is 0.0696. The van der Waals surface area contributed by atoms with Gasteiger partial charge < -0.3 is 29.7 Å². The Labute approximate surface area is 211 Å². The van der Waals surface area contributed by atoms with Crippen molar-refractivity contribution in [1.29, 1.82) is 0 Å². The topological polar surface area (TPSA) is 97.3 Å². The molecule has 3 aromatic rings. The number of ether oxygens (including phenoxy) is 3. The Morgan fingerprint density at radius 2 is 1.94 bits per heavy atom. The van der Waals surface area contributed by atoms with E-state index in [9.17, 15) is 15.0 Å². The van der Waals surface area contributed by atoms with E-state index < -0.39 is 12.1 Å². The molecule has 0 radical (unpaired) electrons. The van der Waals surface area contributed by atoms with Crippen LogP contribution >= 0.6 is 0 Å². The summed E-state index contributed by atoms with van der Waals surface area (Å²) in [5.74, 6) is 2.05. The lowest BCUT2D eigenvalue weighted by Gasteiger charge is -2.27. The van der Waals surface area contributed by atoms with Crippen molar-refractivity contribution >= 4 is 5.97 Å². The molecule has 0 saturated carbocycles. The van der Waals surface area contributed by atoms with Gasteiger partial charge in [-0.15, -0.1) is 0 Å². The summed E-state index contributed by atoms with van der Waals surface area (Å²) in [6.07, 6.45) is 1.79. The molecule has 0 fully saturated rings. The number of hydrogen-bond donors (Lipinski definition) is 3. The Kier molecular flexibility index (Phi) is 8.46. The highest BCUT2D eigenvalue weighted by Gasteiger charge is 2.21. The van der Waals surface area contributed by atoms with E-state index in [0.29, 0.717) is 31.0 Å². The van der Waals surface area contributed by atoms with Gasteiger partial charge in [0.05, 0.1) is 5.56 Å². The lowest BCUT2D eigenvalue weighted by Crippen LogP contribution is -2.39. The first-order valence-electron chi connectivity index (χ1n) is 12.3. The second kappa shape index (κ2) is 11.9. The third-order valence-electron chi connectivity index (χ3n) is 6.20. The highest BCUT2D eigenvalue weighted by Crippen LogP contribution is 2.35. The van der Waals surface area contributed by atoms with Crippen LogP contribution in [0.3, 0.4) is 0 Å². The molecule has 4 rings (SSSR count). The van der Waals surface area contributed by atoms with E-state index in [1.54, 1.807) is 12.1 Å². The summed E-state index contributed by atoms with van der Waals surface area (Å²) in [6.45, 7) is 5.13. The predicted octanol–water partition coefficient (Wildman–Crippen LogP) is 4.77. The van der Waals surface area contributed by atoms with E-state index in [-0.39, 0.29) is 18.3 Å². The second-order valence-electron chi connectivity index (χ2n) is 9.03. The van der Waals surface area contributed by atoms with Crippen LogP contribution in [-0.2, 0) is 12.8 Å². The Morgan fingerprint density at radius 1 is 1.14 bits per heavy atom. The highest BCUT2D eigenvalue weighted by molar-refractivity contribution is 5.88. The minimum absolute atomic E-state index is 0.0176. The van der Waals surface area contributed by atoms with E-state index in [1.165, 1.54) is 0 Å². The number of carbonyl (C=O) groups is 1. The predicted molar refractivity (Wildman–Crippen MR) is 138 cm³/mol. The molecular weight excluding hydrogens is 458 g/mol. The Balaban J connectivity index is 1.29. The number of aryl methyl sites for hydroxylation is 3. The van der Waals surface area contributed by atoms with Gasteiger partial charge in [0.1, 0.15) is 41.8 Å². The van der Waals surface area contributed by atoms with Crippen molar-refractivity contribution in [1.82, 2.24) is 5.32 Å². The van der Waals surface area contributed by atoms with Gasteiger partial charge in [-0.05, 0) is 85.3 Å². The third kappa shape index (κ3) is 6.56. The zero-order chi connectivity index (χ0) is 25.5. The second-order valence-corrected chi connectivity index (χ2v) is 9.03. The van der Waals surface area contributed by atoms with Crippen LogP contribution < -0.4 is 19.5 Å². The Morgan fingerprint density at radius 3 is 2.69 bits per heavy atom. The van der Waals surface area contributed by atoms with Crippen LogP contribution in [0.25, 0.3) is 0 Å². The Bertz CT molecular complexity index is 1180. The van der Waals surface area contributed by atoms with Crippen molar-refractivity contribution in [2.45, 2.75) is 45.3 Å². The first kappa shape index (κ1) is 25.5. The fraction of sp³-hybridized carbons (Fsp3) is 0.345. The fourth-order valence-corrected chi connectivity index (χ4v) is 4.30. The largest absolute Gasteiger partial charge is 0.491 e. The summed E-state index contributed by atoms with van der Waals surface area (Å²) in [7, 11) is 0. The SMILES string of the molecule is CCc1cc(C(=O)O)cc(C)c1Oc1ccc2c(c1)CCC(CNCC(O)COc1ccccc1)O2. The molecule has 0 aliphatic carbocycles. The maximum absolute atomic E-state index is 11.4. The average Bonchev–Trinajstić information content (AvgIpc) is 2.89. The number of aromatic carboxylic acids is 1. The molecule has 0 spiro atoms. The fourth-order valence-electron chi connectivity index (χ4n) is 4.30. The summed E-state index contributed by atoms with van der Waals surface area (Å²) < 4.78 is 18.0. The van der Waals surface area contributed by atoms with Gasteiger partial charge in [0.2, 0.25) is 0 Å². The van der Waals surface area contributed by atoms with E-state index in [4.69, 9.17) is 14.2 Å². The van der Waals surface area contributed by atoms with Gasteiger partial charge in [0.15, 0.2) is 0 Å². The van der Waals surface area contributed by atoms with Crippen LogP contribution in [0.15, 0.2) is 60.7 Å². The van der Waals surface area contributed by atoms with Crippen LogP contribution in [0.5, 0.6) is 23.0 Å². The molecule has 1 aliphatic heterocycles. The van der Waals surface area contributed by atoms with E-state index in [1.807, 2.05) is 62.4 Å². The molecule has 2 unspecified atom stereocenters. The van der Waals surface area contributed by atoms with E-state index in [0.717, 1.165) is 41.0 Å². The molecule has 3 aromatic carbocycles. The third-order valence-corrected chi connectivity index (χ3v) is 6.20. The van der Waals surface area contributed by atoms with Crippen molar-refractivity contribution < 1.29 is 29.2 Å².